The molecule has 0 saturated carbocycles. The van der Waals surface area contributed by atoms with Crippen molar-refractivity contribution in [1.82, 2.24) is 0 Å². The summed E-state index contributed by atoms with van der Waals surface area (Å²) in [5.74, 6) is 0. The Morgan fingerprint density at radius 2 is 2.27 bits per heavy atom. The molecule has 2 rings (SSSR count). The lowest BCUT2D eigenvalue weighted by atomic mass is 10.1. The topological polar surface area (TPSA) is 26.0 Å². The van der Waals surface area contributed by atoms with Gasteiger partial charge >= 0.3 is 0 Å². The van der Waals surface area contributed by atoms with Crippen LogP contribution < -0.4 is 5.73 Å². The maximum absolute atomic E-state index is 5.88. The lowest BCUT2D eigenvalue weighted by molar-refractivity contribution is 0.713. The van der Waals surface area contributed by atoms with E-state index in [-0.39, 0.29) is 6.04 Å². The summed E-state index contributed by atoms with van der Waals surface area (Å²) in [6, 6.07) is 6.63. The van der Waals surface area contributed by atoms with Gasteiger partial charge in [0.2, 0.25) is 0 Å². The number of rotatable bonds is 0. The largest absolute Gasteiger partial charge is 0.324 e. The maximum Gasteiger partial charge on any atom is 0.0300 e. The van der Waals surface area contributed by atoms with Gasteiger partial charge in [0.15, 0.2) is 0 Å². The van der Waals surface area contributed by atoms with E-state index in [4.69, 9.17) is 5.73 Å². The van der Waals surface area contributed by atoms with Crippen LogP contribution in [-0.2, 0) is 6.42 Å². The first-order chi connectivity index (χ1) is 5.27. The van der Waals surface area contributed by atoms with Crippen molar-refractivity contribution < 1.29 is 0 Å². The molecule has 1 aliphatic carbocycles. The van der Waals surface area contributed by atoms with Gasteiger partial charge in [-0.1, -0.05) is 22.0 Å². The summed E-state index contributed by atoms with van der Waals surface area (Å²) < 4.78 is 1.16. The highest BCUT2D eigenvalue weighted by molar-refractivity contribution is 9.10. The lowest BCUT2D eigenvalue weighted by Gasteiger charge is -2.03. The molecule has 1 atom stereocenters. The molecule has 0 aromatic heterocycles. The Morgan fingerprint density at radius 1 is 1.45 bits per heavy atom. The minimum atomic E-state index is 0.276. The molecule has 0 fully saturated rings. The highest BCUT2D eigenvalue weighted by Crippen LogP contribution is 2.30. The number of hydrogen-bond donors (Lipinski definition) is 1. The van der Waals surface area contributed by atoms with Gasteiger partial charge < -0.3 is 5.73 Å². The van der Waals surface area contributed by atoms with Gasteiger partial charge in [-0.3, -0.25) is 0 Å². The Balaban J connectivity index is 2.50. The zero-order valence-corrected chi connectivity index (χ0v) is 7.76. The number of halogens is 1. The number of hydrogen-bond acceptors (Lipinski definition) is 1. The van der Waals surface area contributed by atoms with Crippen LogP contribution in [0.4, 0.5) is 0 Å². The first-order valence-electron chi connectivity index (χ1n) is 3.81. The maximum atomic E-state index is 5.88. The van der Waals surface area contributed by atoms with E-state index < -0.39 is 0 Å². The smallest absolute Gasteiger partial charge is 0.0300 e. The molecule has 1 nitrogen and oxygen atoms in total. The van der Waals surface area contributed by atoms with Gasteiger partial charge in [-0.25, -0.2) is 0 Å². The predicted octanol–water partition coefficient (Wildman–Crippen LogP) is 2.40. The van der Waals surface area contributed by atoms with Crippen molar-refractivity contribution >= 4 is 15.9 Å². The SMILES string of the molecule is N[C@@H]1CCc2cc(Br)ccc21. The van der Waals surface area contributed by atoms with Crippen molar-refractivity contribution in [2.24, 2.45) is 5.73 Å². The van der Waals surface area contributed by atoms with Crippen LogP contribution >= 0.6 is 15.9 Å². The molecular weight excluding hydrogens is 202 g/mol. The van der Waals surface area contributed by atoms with Crippen LogP contribution in [0, 0.1) is 0 Å². The van der Waals surface area contributed by atoms with Crippen LogP contribution in [0.3, 0.4) is 0 Å². The number of fused-ring (bicyclic) bond motifs is 1. The molecule has 1 aliphatic rings. The first kappa shape index (κ1) is 7.32. The fourth-order valence-corrected chi connectivity index (χ4v) is 2.03. The fourth-order valence-electron chi connectivity index (χ4n) is 1.62. The quantitative estimate of drug-likeness (QED) is 0.702. The van der Waals surface area contributed by atoms with E-state index in [1.54, 1.807) is 0 Å². The third-order valence-electron chi connectivity index (χ3n) is 2.23. The van der Waals surface area contributed by atoms with E-state index in [1.807, 2.05) is 0 Å². The van der Waals surface area contributed by atoms with Crippen molar-refractivity contribution in [2.45, 2.75) is 18.9 Å². The number of benzene rings is 1. The third kappa shape index (κ3) is 1.21. The average molecular weight is 212 g/mol. The Hall–Kier alpha value is -0.340. The summed E-state index contributed by atoms with van der Waals surface area (Å²) in [5, 5.41) is 0. The van der Waals surface area contributed by atoms with Gasteiger partial charge in [-0.2, -0.15) is 0 Å². The summed E-state index contributed by atoms with van der Waals surface area (Å²) in [4.78, 5) is 0. The molecule has 58 valence electrons. The average Bonchev–Trinajstić information content (AvgIpc) is 2.32. The molecule has 0 amide bonds. The van der Waals surface area contributed by atoms with E-state index in [0.717, 1.165) is 17.3 Å². The van der Waals surface area contributed by atoms with Gasteiger partial charge in [-0.15, -0.1) is 0 Å². The molecule has 2 heteroatoms. The normalized spacial score (nSPS) is 21.8. The minimum absolute atomic E-state index is 0.276. The van der Waals surface area contributed by atoms with Gasteiger partial charge in [0.1, 0.15) is 0 Å². The van der Waals surface area contributed by atoms with Gasteiger partial charge in [0.05, 0.1) is 0 Å². The highest BCUT2D eigenvalue weighted by atomic mass is 79.9. The molecule has 2 N–H and O–H groups in total. The zero-order valence-electron chi connectivity index (χ0n) is 6.18. The molecule has 0 spiro atoms. The molecule has 0 unspecified atom stereocenters. The second-order valence-corrected chi connectivity index (χ2v) is 3.90. The van der Waals surface area contributed by atoms with Crippen molar-refractivity contribution in [3.63, 3.8) is 0 Å². The summed E-state index contributed by atoms with van der Waals surface area (Å²) >= 11 is 3.44. The predicted molar refractivity (Wildman–Crippen MR) is 49.4 cm³/mol. The van der Waals surface area contributed by atoms with E-state index in [2.05, 4.69) is 34.1 Å². The summed E-state index contributed by atoms with van der Waals surface area (Å²) in [7, 11) is 0. The zero-order chi connectivity index (χ0) is 7.84. The van der Waals surface area contributed by atoms with E-state index in [1.165, 1.54) is 11.1 Å². The highest BCUT2D eigenvalue weighted by Gasteiger charge is 2.17. The molecule has 0 aliphatic heterocycles. The fraction of sp³-hybridized carbons (Fsp3) is 0.333. The van der Waals surface area contributed by atoms with Crippen LogP contribution in [0.15, 0.2) is 22.7 Å². The molecule has 1 aromatic carbocycles. The third-order valence-corrected chi connectivity index (χ3v) is 2.72. The summed E-state index contributed by atoms with van der Waals surface area (Å²) in [6.07, 6.45) is 2.24. The van der Waals surface area contributed by atoms with Crippen molar-refractivity contribution in [3.8, 4) is 0 Å². The van der Waals surface area contributed by atoms with Gasteiger partial charge in [0.25, 0.3) is 0 Å². The van der Waals surface area contributed by atoms with Crippen LogP contribution in [0.1, 0.15) is 23.6 Å². The minimum Gasteiger partial charge on any atom is -0.324 e. The standard InChI is InChI=1S/C9H10BrN/c10-7-2-3-8-6(5-7)1-4-9(8)11/h2-3,5,9H,1,4,11H2/t9-/m1/s1. The molecule has 0 saturated heterocycles. The molecule has 1 aromatic rings. The number of nitrogens with two attached hydrogens (primary N) is 1. The van der Waals surface area contributed by atoms with Crippen molar-refractivity contribution in [3.05, 3.63) is 33.8 Å². The number of aryl methyl sites for hydroxylation is 1. The Morgan fingerprint density at radius 3 is 3.09 bits per heavy atom. The van der Waals surface area contributed by atoms with Crippen molar-refractivity contribution in [1.29, 1.82) is 0 Å². The monoisotopic (exact) mass is 211 g/mol. The Kier molecular flexibility index (Phi) is 1.74. The molecule has 0 heterocycles. The van der Waals surface area contributed by atoms with Crippen LogP contribution in [0.5, 0.6) is 0 Å². The molecule has 0 radical (unpaired) electrons. The Labute approximate surface area is 74.7 Å². The van der Waals surface area contributed by atoms with Crippen LogP contribution in [0.25, 0.3) is 0 Å². The second-order valence-electron chi connectivity index (χ2n) is 2.99. The van der Waals surface area contributed by atoms with Gasteiger partial charge in [0, 0.05) is 10.5 Å². The summed E-state index contributed by atoms with van der Waals surface area (Å²) in [5.41, 5.74) is 8.62. The van der Waals surface area contributed by atoms with E-state index >= 15 is 0 Å². The molecule has 11 heavy (non-hydrogen) atoms. The van der Waals surface area contributed by atoms with E-state index in [0.29, 0.717) is 0 Å². The summed E-state index contributed by atoms with van der Waals surface area (Å²) in [6.45, 7) is 0. The first-order valence-corrected chi connectivity index (χ1v) is 4.60. The van der Waals surface area contributed by atoms with Crippen molar-refractivity contribution in [2.75, 3.05) is 0 Å². The van der Waals surface area contributed by atoms with Crippen LogP contribution in [-0.4, -0.2) is 0 Å². The van der Waals surface area contributed by atoms with Crippen LogP contribution in [0.2, 0.25) is 0 Å². The molecular formula is C9H10BrN. The second kappa shape index (κ2) is 2.61. The molecule has 0 bridgehead atoms. The van der Waals surface area contributed by atoms with E-state index in [9.17, 15) is 0 Å². The Bertz CT molecular complexity index is 283. The van der Waals surface area contributed by atoms with Gasteiger partial charge in [-0.05, 0) is 36.1 Å². The lowest BCUT2D eigenvalue weighted by Crippen LogP contribution is -2.04.